The van der Waals surface area contributed by atoms with E-state index < -0.39 is 0 Å². The summed E-state index contributed by atoms with van der Waals surface area (Å²) < 4.78 is 10.9. The Bertz CT molecular complexity index is 1280. The minimum absolute atomic E-state index is 0.856. The summed E-state index contributed by atoms with van der Waals surface area (Å²) in [7, 11) is 0. The maximum atomic E-state index is 6.12. The van der Waals surface area contributed by atoms with Gasteiger partial charge >= 0.3 is 0 Å². The topological polar surface area (TPSA) is 24.8 Å². The van der Waals surface area contributed by atoms with Gasteiger partial charge in [0.25, 0.3) is 0 Å². The summed E-state index contributed by atoms with van der Waals surface area (Å²) in [5.41, 5.74) is 6.42. The molecule has 1 heterocycles. The summed E-state index contributed by atoms with van der Waals surface area (Å²) in [6.07, 6.45) is 2.10. The van der Waals surface area contributed by atoms with Gasteiger partial charge in [0.2, 0.25) is 0 Å². The molecule has 0 fully saturated rings. The summed E-state index contributed by atoms with van der Waals surface area (Å²) in [5, 5.41) is 0. The van der Waals surface area contributed by atoms with Gasteiger partial charge < -0.3 is 9.64 Å². The second kappa shape index (κ2) is 9.39. The third-order valence-electron chi connectivity index (χ3n) is 5.58. The summed E-state index contributed by atoms with van der Waals surface area (Å²) in [6, 6.07) is 35.2. The fraction of sp³-hybridized carbons (Fsp3) is 0.0690. The third kappa shape index (κ3) is 4.30. The van der Waals surface area contributed by atoms with Gasteiger partial charge in [-0.2, -0.15) is 0 Å². The van der Waals surface area contributed by atoms with Crippen molar-refractivity contribution >= 4 is 39.6 Å². The molecular formula is C29H24N2OS. The van der Waals surface area contributed by atoms with Crippen LogP contribution in [0.3, 0.4) is 0 Å². The van der Waals surface area contributed by atoms with Crippen LogP contribution >= 0.6 is 11.9 Å². The Hall–Kier alpha value is -3.76. The molecule has 1 aliphatic rings. The number of hydrogen-bond acceptors (Lipinski definition) is 4. The highest BCUT2D eigenvalue weighted by Gasteiger charge is 2.25. The smallest absolute Gasteiger partial charge is 0.151 e. The first-order valence-corrected chi connectivity index (χ1v) is 11.7. The van der Waals surface area contributed by atoms with E-state index in [4.69, 9.17) is 9.13 Å². The first-order valence-electron chi connectivity index (χ1n) is 10.9. The summed E-state index contributed by atoms with van der Waals surface area (Å²) in [4.78, 5) is 3.39. The van der Waals surface area contributed by atoms with E-state index in [1.54, 1.807) is 0 Å². The van der Waals surface area contributed by atoms with Crippen molar-refractivity contribution in [3.63, 3.8) is 0 Å². The first-order chi connectivity index (χ1) is 16.2. The molecule has 0 atom stereocenters. The average Bonchev–Trinajstić information content (AvgIpc) is 2.88. The Kier molecular flexibility index (Phi) is 6.01. The van der Waals surface area contributed by atoms with Gasteiger partial charge in [-0.25, -0.2) is 4.40 Å². The lowest BCUT2D eigenvalue weighted by Gasteiger charge is -2.32. The second-order valence-electron chi connectivity index (χ2n) is 7.71. The monoisotopic (exact) mass is 448 g/mol. The molecule has 33 heavy (non-hydrogen) atoms. The average molecular weight is 449 g/mol. The number of hydrogen-bond donors (Lipinski definition) is 0. The van der Waals surface area contributed by atoms with Crippen LogP contribution in [0.15, 0.2) is 114 Å². The van der Waals surface area contributed by atoms with Crippen molar-refractivity contribution in [3.8, 4) is 11.5 Å². The second-order valence-corrected chi connectivity index (χ2v) is 8.51. The maximum Gasteiger partial charge on any atom is 0.151 e. The molecule has 0 saturated carbocycles. The Morgan fingerprint density at radius 1 is 0.727 bits per heavy atom. The molecule has 3 nitrogen and oxygen atoms in total. The molecule has 0 bridgehead atoms. The van der Waals surface area contributed by atoms with E-state index >= 15 is 0 Å². The van der Waals surface area contributed by atoms with Crippen LogP contribution in [0.4, 0.5) is 17.1 Å². The van der Waals surface area contributed by atoms with Crippen LogP contribution in [0.2, 0.25) is 0 Å². The van der Waals surface area contributed by atoms with Crippen LogP contribution < -0.4 is 9.64 Å². The lowest BCUT2D eigenvalue weighted by atomic mass is 10.1. The number of fused-ring (bicyclic) bond motifs is 2. The predicted octanol–water partition coefficient (Wildman–Crippen LogP) is 8.78. The summed E-state index contributed by atoms with van der Waals surface area (Å²) in [6.45, 7) is 4.10. The first kappa shape index (κ1) is 21.1. The number of nitrogens with zero attached hydrogens (tertiary/aromatic N) is 2. The van der Waals surface area contributed by atoms with Crippen LogP contribution in [0.5, 0.6) is 11.5 Å². The molecule has 162 valence electrons. The molecule has 0 saturated heterocycles. The van der Waals surface area contributed by atoms with Gasteiger partial charge in [-0.1, -0.05) is 72.8 Å². The molecule has 0 N–H and O–H groups in total. The van der Waals surface area contributed by atoms with E-state index in [9.17, 15) is 0 Å². The fourth-order valence-corrected chi connectivity index (χ4v) is 4.57. The van der Waals surface area contributed by atoms with Crippen LogP contribution in [0.25, 0.3) is 4.91 Å². The predicted molar refractivity (Wildman–Crippen MR) is 141 cm³/mol. The van der Waals surface area contributed by atoms with E-state index in [0.717, 1.165) is 44.7 Å². The largest absolute Gasteiger partial charge is 0.453 e. The molecule has 5 rings (SSSR count). The summed E-state index contributed by atoms with van der Waals surface area (Å²) in [5.74, 6) is 1.71. The van der Waals surface area contributed by atoms with Crippen molar-refractivity contribution < 1.29 is 4.74 Å². The number of benzene rings is 4. The van der Waals surface area contributed by atoms with E-state index in [-0.39, 0.29) is 0 Å². The van der Waals surface area contributed by atoms with Crippen LogP contribution in [-0.4, -0.2) is 5.71 Å². The number of allylic oxidation sites excluding steroid dienone is 1. The highest BCUT2D eigenvalue weighted by molar-refractivity contribution is 8.07. The molecule has 0 unspecified atom stereocenters. The van der Waals surface area contributed by atoms with E-state index in [1.807, 2.05) is 49.4 Å². The van der Waals surface area contributed by atoms with Gasteiger partial charge in [0.05, 0.1) is 17.1 Å². The van der Waals surface area contributed by atoms with Gasteiger partial charge in [-0.3, -0.25) is 0 Å². The SMILES string of the molecule is C/C=C(/SN=C(C)c1ccc(N2c3ccccc3Oc3ccccc32)cc1)c1ccccc1. The van der Waals surface area contributed by atoms with Crippen LogP contribution in [-0.2, 0) is 0 Å². The zero-order chi connectivity index (χ0) is 22.6. The molecule has 0 spiro atoms. The molecule has 0 amide bonds. The standard InChI is InChI=1S/C29H24N2OS/c1-3-29(23-11-5-4-6-12-23)33-30-21(2)22-17-19-24(20-18-22)31-25-13-7-9-15-27(25)32-28-16-10-8-14-26(28)31/h3-20H,1-2H3/b29-3+,30-21?. The highest BCUT2D eigenvalue weighted by atomic mass is 32.2. The lowest BCUT2D eigenvalue weighted by Crippen LogP contribution is -2.15. The summed E-state index contributed by atoms with van der Waals surface area (Å²) >= 11 is 1.51. The zero-order valence-electron chi connectivity index (χ0n) is 18.6. The molecule has 0 aliphatic carbocycles. The molecular weight excluding hydrogens is 424 g/mol. The molecule has 0 aromatic heterocycles. The van der Waals surface area contributed by atoms with Gasteiger partial charge in [0.15, 0.2) is 11.5 Å². The van der Waals surface area contributed by atoms with E-state index in [2.05, 4.69) is 78.6 Å². The van der Waals surface area contributed by atoms with Gasteiger partial charge in [0.1, 0.15) is 0 Å². The van der Waals surface area contributed by atoms with Gasteiger partial charge in [0, 0.05) is 22.5 Å². The lowest BCUT2D eigenvalue weighted by molar-refractivity contribution is 0.477. The Morgan fingerprint density at radius 3 is 1.91 bits per heavy atom. The van der Waals surface area contributed by atoms with Crippen LogP contribution in [0.1, 0.15) is 25.0 Å². The van der Waals surface area contributed by atoms with Crippen molar-refractivity contribution in [1.29, 1.82) is 0 Å². The van der Waals surface area contributed by atoms with E-state index in [0.29, 0.717) is 0 Å². The number of rotatable bonds is 5. The van der Waals surface area contributed by atoms with Gasteiger partial charge in [-0.05, 0) is 61.4 Å². The molecule has 4 aromatic rings. The number of para-hydroxylation sites is 4. The molecule has 1 aliphatic heterocycles. The number of ether oxygens (including phenoxy) is 1. The van der Waals surface area contributed by atoms with Gasteiger partial charge in [-0.15, -0.1) is 0 Å². The number of anilines is 3. The molecule has 0 radical (unpaired) electrons. The maximum absolute atomic E-state index is 6.12. The van der Waals surface area contributed by atoms with Crippen molar-refractivity contribution in [1.82, 2.24) is 0 Å². The Balaban J connectivity index is 1.42. The fourth-order valence-electron chi connectivity index (χ4n) is 3.88. The van der Waals surface area contributed by atoms with Crippen molar-refractivity contribution in [2.45, 2.75) is 13.8 Å². The van der Waals surface area contributed by atoms with Crippen molar-refractivity contribution in [2.75, 3.05) is 4.90 Å². The minimum Gasteiger partial charge on any atom is -0.453 e. The Morgan fingerprint density at radius 2 is 1.30 bits per heavy atom. The van der Waals surface area contributed by atoms with Crippen LogP contribution in [0, 0.1) is 0 Å². The minimum atomic E-state index is 0.856. The highest BCUT2D eigenvalue weighted by Crippen LogP contribution is 2.49. The van der Waals surface area contributed by atoms with E-state index in [1.165, 1.54) is 17.5 Å². The third-order valence-corrected chi connectivity index (χ3v) is 6.61. The van der Waals surface area contributed by atoms with Crippen molar-refractivity contribution in [3.05, 3.63) is 120 Å². The van der Waals surface area contributed by atoms with Crippen molar-refractivity contribution in [2.24, 2.45) is 4.40 Å². The Labute approximate surface area is 199 Å². The molecule has 4 aromatic carbocycles. The quantitative estimate of drug-likeness (QED) is 0.198. The normalized spacial score (nSPS) is 13.2. The zero-order valence-corrected chi connectivity index (χ0v) is 19.4. The molecule has 4 heteroatoms.